The molecule has 1 fully saturated rings. The summed E-state index contributed by atoms with van der Waals surface area (Å²) in [6.45, 7) is 2.75. The van der Waals surface area contributed by atoms with E-state index in [4.69, 9.17) is 9.84 Å². The molecule has 0 aliphatic carbocycles. The molecule has 1 aromatic heterocycles. The number of benzene rings is 1. The minimum Gasteiger partial charge on any atom is -0.395 e. The largest absolute Gasteiger partial charge is 0.395 e. The van der Waals surface area contributed by atoms with Crippen LogP contribution in [0.2, 0.25) is 0 Å². The van der Waals surface area contributed by atoms with Crippen LogP contribution >= 0.6 is 0 Å². The minimum atomic E-state index is -3.65. The molecule has 1 atom stereocenters. The quantitative estimate of drug-likeness (QED) is 0.716. The van der Waals surface area contributed by atoms with Gasteiger partial charge in [0.1, 0.15) is 0 Å². The Kier molecular flexibility index (Phi) is 5.97. The third kappa shape index (κ3) is 4.44. The van der Waals surface area contributed by atoms with Crippen molar-refractivity contribution in [2.75, 3.05) is 19.8 Å². The van der Waals surface area contributed by atoms with Crippen molar-refractivity contribution in [2.45, 2.75) is 43.7 Å². The molecule has 0 saturated carbocycles. The normalized spacial score (nSPS) is 18.2. The van der Waals surface area contributed by atoms with Crippen molar-refractivity contribution in [3.63, 3.8) is 0 Å². The molecular formula is C16H23N5O4S. The number of aryl methyl sites for hydroxylation is 1. The van der Waals surface area contributed by atoms with Crippen molar-refractivity contribution < 1.29 is 18.3 Å². The van der Waals surface area contributed by atoms with E-state index in [2.05, 4.69) is 20.1 Å². The molecule has 1 saturated heterocycles. The van der Waals surface area contributed by atoms with Crippen LogP contribution in [0.15, 0.2) is 23.1 Å². The summed E-state index contributed by atoms with van der Waals surface area (Å²) in [7, 11) is -3.65. The molecule has 2 heterocycles. The highest BCUT2D eigenvalue weighted by Crippen LogP contribution is 2.22. The van der Waals surface area contributed by atoms with E-state index in [1.54, 1.807) is 19.1 Å². The summed E-state index contributed by atoms with van der Waals surface area (Å²) >= 11 is 0. The van der Waals surface area contributed by atoms with E-state index in [-0.39, 0.29) is 24.2 Å². The van der Waals surface area contributed by atoms with Gasteiger partial charge in [-0.2, -0.15) is 4.80 Å². The van der Waals surface area contributed by atoms with Crippen molar-refractivity contribution in [1.29, 1.82) is 0 Å². The molecule has 1 aromatic carbocycles. The number of rotatable bonds is 7. The van der Waals surface area contributed by atoms with Crippen molar-refractivity contribution in [1.82, 2.24) is 24.9 Å². The highest BCUT2D eigenvalue weighted by molar-refractivity contribution is 7.89. The Balaban J connectivity index is 1.75. The van der Waals surface area contributed by atoms with Crippen LogP contribution in [-0.4, -0.2) is 59.6 Å². The fourth-order valence-electron chi connectivity index (χ4n) is 2.92. The molecule has 9 nitrogen and oxygen atoms in total. The number of nitrogens with one attached hydrogen (secondary N) is 1. The van der Waals surface area contributed by atoms with Crippen LogP contribution in [0.1, 0.15) is 24.8 Å². The van der Waals surface area contributed by atoms with Crippen LogP contribution in [0.5, 0.6) is 0 Å². The average Bonchev–Trinajstić information content (AvgIpc) is 3.09. The highest BCUT2D eigenvalue weighted by Gasteiger charge is 2.19. The topological polar surface area (TPSA) is 119 Å². The molecular weight excluding hydrogens is 358 g/mol. The average molecular weight is 381 g/mol. The van der Waals surface area contributed by atoms with E-state index < -0.39 is 10.0 Å². The summed E-state index contributed by atoms with van der Waals surface area (Å²) in [5, 5.41) is 21.3. The van der Waals surface area contributed by atoms with Crippen LogP contribution < -0.4 is 4.72 Å². The number of tetrazole rings is 1. The first-order valence-corrected chi connectivity index (χ1v) is 10.1. The van der Waals surface area contributed by atoms with E-state index in [1.165, 1.54) is 10.9 Å². The second-order valence-corrected chi connectivity index (χ2v) is 7.99. The fraction of sp³-hybridized carbons (Fsp3) is 0.562. The number of ether oxygens (including phenoxy) is 1. The summed E-state index contributed by atoms with van der Waals surface area (Å²) in [5.74, 6) is 0.441. The molecule has 2 aromatic rings. The van der Waals surface area contributed by atoms with Gasteiger partial charge in [-0.05, 0) is 55.2 Å². The molecule has 1 aliphatic heterocycles. The standard InChI is InChI=1S/C16H23N5O4S/c1-12-10-13(5-6-15(12)26(23,24)17-7-8-22)16-18-20-21(19-16)11-14-4-2-3-9-25-14/h5-6,10,14,17,22H,2-4,7-9,11H2,1H3. The molecule has 26 heavy (non-hydrogen) atoms. The third-order valence-corrected chi connectivity index (χ3v) is 5.84. The smallest absolute Gasteiger partial charge is 0.240 e. The van der Waals surface area contributed by atoms with Gasteiger partial charge in [0, 0.05) is 18.7 Å². The van der Waals surface area contributed by atoms with E-state index in [0.717, 1.165) is 25.9 Å². The number of aromatic nitrogens is 4. The molecule has 2 N–H and O–H groups in total. The Bertz CT molecular complexity index is 846. The maximum atomic E-state index is 12.2. The number of sulfonamides is 1. The van der Waals surface area contributed by atoms with E-state index in [1.807, 2.05) is 0 Å². The fourth-order valence-corrected chi connectivity index (χ4v) is 4.16. The minimum absolute atomic E-state index is 0.0252. The molecule has 0 radical (unpaired) electrons. The Morgan fingerprint density at radius 2 is 2.23 bits per heavy atom. The van der Waals surface area contributed by atoms with Gasteiger partial charge in [-0.1, -0.05) is 0 Å². The van der Waals surface area contributed by atoms with Gasteiger partial charge < -0.3 is 9.84 Å². The zero-order chi connectivity index (χ0) is 18.6. The van der Waals surface area contributed by atoms with E-state index in [9.17, 15) is 8.42 Å². The Hall–Kier alpha value is -1.88. The Morgan fingerprint density at radius 1 is 1.38 bits per heavy atom. The second-order valence-electron chi connectivity index (χ2n) is 6.26. The molecule has 1 aliphatic rings. The van der Waals surface area contributed by atoms with Gasteiger partial charge in [0.2, 0.25) is 15.8 Å². The lowest BCUT2D eigenvalue weighted by atomic mass is 10.1. The molecule has 1 unspecified atom stereocenters. The predicted molar refractivity (Wildman–Crippen MR) is 93.9 cm³/mol. The Labute approximate surface area is 152 Å². The number of hydrogen-bond donors (Lipinski definition) is 2. The van der Waals surface area contributed by atoms with Gasteiger partial charge in [-0.25, -0.2) is 13.1 Å². The first-order chi connectivity index (χ1) is 12.5. The van der Waals surface area contributed by atoms with E-state index in [0.29, 0.717) is 23.5 Å². The van der Waals surface area contributed by atoms with Gasteiger partial charge in [0.05, 0.1) is 24.2 Å². The summed E-state index contributed by atoms with van der Waals surface area (Å²) < 4.78 is 32.4. The molecule has 10 heteroatoms. The van der Waals surface area contributed by atoms with E-state index >= 15 is 0 Å². The molecule has 0 spiro atoms. The monoisotopic (exact) mass is 381 g/mol. The zero-order valence-corrected chi connectivity index (χ0v) is 15.4. The second kappa shape index (κ2) is 8.21. The molecule has 0 amide bonds. The summed E-state index contributed by atoms with van der Waals surface area (Å²) in [5.41, 5.74) is 1.26. The maximum absolute atomic E-state index is 12.2. The lowest BCUT2D eigenvalue weighted by molar-refractivity contribution is 0.00133. The van der Waals surface area contributed by atoms with Gasteiger partial charge in [0.25, 0.3) is 0 Å². The van der Waals surface area contributed by atoms with Crippen LogP contribution in [-0.2, 0) is 21.3 Å². The summed E-state index contributed by atoms with van der Waals surface area (Å²) in [4.78, 5) is 1.69. The van der Waals surface area contributed by atoms with Gasteiger partial charge in [-0.15, -0.1) is 10.2 Å². The van der Waals surface area contributed by atoms with Gasteiger partial charge in [0.15, 0.2) is 0 Å². The maximum Gasteiger partial charge on any atom is 0.240 e. The van der Waals surface area contributed by atoms with Gasteiger partial charge in [-0.3, -0.25) is 0 Å². The lowest BCUT2D eigenvalue weighted by Crippen LogP contribution is -2.27. The summed E-state index contributed by atoms with van der Waals surface area (Å²) in [6, 6.07) is 4.88. The Morgan fingerprint density at radius 3 is 2.92 bits per heavy atom. The van der Waals surface area contributed by atoms with Crippen molar-refractivity contribution in [3.05, 3.63) is 23.8 Å². The van der Waals surface area contributed by atoms with Gasteiger partial charge >= 0.3 is 0 Å². The number of hydrogen-bond acceptors (Lipinski definition) is 7. The van der Waals surface area contributed by atoms with Crippen LogP contribution in [0.4, 0.5) is 0 Å². The molecule has 0 bridgehead atoms. The number of aliphatic hydroxyl groups is 1. The van der Waals surface area contributed by atoms with Crippen molar-refractivity contribution in [2.24, 2.45) is 0 Å². The third-order valence-electron chi connectivity index (χ3n) is 4.22. The van der Waals surface area contributed by atoms with Crippen molar-refractivity contribution in [3.8, 4) is 11.4 Å². The lowest BCUT2D eigenvalue weighted by Gasteiger charge is -2.21. The molecule has 3 rings (SSSR count). The van der Waals surface area contributed by atoms with Crippen LogP contribution in [0, 0.1) is 6.92 Å². The molecule has 142 valence electrons. The highest BCUT2D eigenvalue weighted by atomic mass is 32.2. The van der Waals surface area contributed by atoms with Crippen LogP contribution in [0.25, 0.3) is 11.4 Å². The summed E-state index contributed by atoms with van der Waals surface area (Å²) in [6.07, 6.45) is 3.33. The first-order valence-electron chi connectivity index (χ1n) is 8.60. The SMILES string of the molecule is Cc1cc(-c2nnn(CC3CCCCO3)n2)ccc1S(=O)(=O)NCCO. The van der Waals surface area contributed by atoms with Crippen LogP contribution in [0.3, 0.4) is 0 Å². The van der Waals surface area contributed by atoms with Crippen molar-refractivity contribution >= 4 is 10.0 Å². The zero-order valence-electron chi connectivity index (χ0n) is 14.6. The number of nitrogens with zero attached hydrogens (tertiary/aromatic N) is 4. The number of aliphatic hydroxyl groups excluding tert-OH is 1. The first kappa shape index (κ1) is 18.9. The predicted octanol–water partition coefficient (Wildman–Crippen LogP) is 0.488.